The summed E-state index contributed by atoms with van der Waals surface area (Å²) in [6.07, 6.45) is 2.06. The van der Waals surface area contributed by atoms with Gasteiger partial charge in [-0.05, 0) is 37.4 Å². The highest BCUT2D eigenvalue weighted by molar-refractivity contribution is 7.10. The molecule has 152 valence electrons. The lowest BCUT2D eigenvalue weighted by atomic mass is 10.1. The van der Waals surface area contributed by atoms with Crippen molar-refractivity contribution in [1.82, 2.24) is 14.4 Å². The zero-order valence-corrected chi connectivity index (χ0v) is 17.6. The summed E-state index contributed by atoms with van der Waals surface area (Å²) >= 11 is 1.60. The highest BCUT2D eigenvalue weighted by atomic mass is 32.1. The Labute approximate surface area is 174 Å². The summed E-state index contributed by atoms with van der Waals surface area (Å²) in [6, 6.07) is 7.67. The second kappa shape index (κ2) is 7.91. The molecule has 1 atom stereocenters. The molecule has 4 heterocycles. The summed E-state index contributed by atoms with van der Waals surface area (Å²) in [5.74, 6) is 0.0880. The van der Waals surface area contributed by atoms with E-state index in [4.69, 9.17) is 4.42 Å². The molecule has 0 unspecified atom stereocenters. The van der Waals surface area contributed by atoms with E-state index in [1.807, 2.05) is 57.9 Å². The van der Waals surface area contributed by atoms with Crippen LogP contribution in [-0.4, -0.2) is 51.9 Å². The first-order valence-corrected chi connectivity index (χ1v) is 10.6. The topological polar surface area (TPSA) is 58.7 Å². The largest absolute Gasteiger partial charge is 0.448 e. The normalized spacial score (nSPS) is 17.1. The van der Waals surface area contributed by atoms with Gasteiger partial charge in [-0.2, -0.15) is 0 Å². The standard InChI is InChI=1S/C22H25N3O3S/c1-15(2)13-25-19(11-17-6-9-28-22(17)25)21(27)23-7-8-24(16(3)14-23)20(26)12-18-5-4-10-29-18/h4-6,9-11,16H,1,7-8,12-14H2,2-3H3/t16-/m0/s1. The van der Waals surface area contributed by atoms with Crippen LogP contribution in [0.15, 0.2) is 52.5 Å². The first kappa shape index (κ1) is 19.5. The van der Waals surface area contributed by atoms with Crippen molar-refractivity contribution in [1.29, 1.82) is 0 Å². The molecule has 1 saturated heterocycles. The Kier molecular flexibility index (Phi) is 5.32. The summed E-state index contributed by atoms with van der Waals surface area (Å²) < 4.78 is 7.47. The molecule has 0 aliphatic carbocycles. The summed E-state index contributed by atoms with van der Waals surface area (Å²) in [5, 5.41) is 2.89. The maximum atomic E-state index is 13.3. The van der Waals surface area contributed by atoms with Crippen LogP contribution >= 0.6 is 11.3 Å². The van der Waals surface area contributed by atoms with E-state index in [1.165, 1.54) is 0 Å². The van der Waals surface area contributed by atoms with Gasteiger partial charge < -0.3 is 18.8 Å². The number of piperazine rings is 1. The van der Waals surface area contributed by atoms with E-state index in [1.54, 1.807) is 17.6 Å². The molecule has 0 saturated carbocycles. The fourth-order valence-electron chi connectivity index (χ4n) is 3.92. The molecule has 1 aliphatic rings. The minimum atomic E-state index is -0.0325. The molecule has 4 rings (SSSR count). The predicted molar refractivity (Wildman–Crippen MR) is 114 cm³/mol. The number of fused-ring (bicyclic) bond motifs is 1. The van der Waals surface area contributed by atoms with Gasteiger partial charge in [-0.25, -0.2) is 0 Å². The molecule has 6 nitrogen and oxygen atoms in total. The van der Waals surface area contributed by atoms with E-state index in [0.717, 1.165) is 15.8 Å². The van der Waals surface area contributed by atoms with Crippen LogP contribution in [0.2, 0.25) is 0 Å². The molecule has 0 N–H and O–H groups in total. The van der Waals surface area contributed by atoms with Crippen molar-refractivity contribution in [3.05, 3.63) is 58.6 Å². The third kappa shape index (κ3) is 3.87. The Morgan fingerprint density at radius 3 is 2.83 bits per heavy atom. The number of furan rings is 1. The van der Waals surface area contributed by atoms with Crippen molar-refractivity contribution < 1.29 is 14.0 Å². The lowest BCUT2D eigenvalue weighted by molar-refractivity contribution is -0.134. The smallest absolute Gasteiger partial charge is 0.270 e. The van der Waals surface area contributed by atoms with Gasteiger partial charge in [0.15, 0.2) is 0 Å². The lowest BCUT2D eigenvalue weighted by Crippen LogP contribution is -2.55. The monoisotopic (exact) mass is 411 g/mol. The molecular formula is C22H25N3O3S. The van der Waals surface area contributed by atoms with Gasteiger partial charge in [-0.15, -0.1) is 11.3 Å². The van der Waals surface area contributed by atoms with Gasteiger partial charge in [0.05, 0.1) is 12.7 Å². The fraction of sp³-hybridized carbons (Fsp3) is 0.364. The van der Waals surface area contributed by atoms with Crippen LogP contribution in [0.3, 0.4) is 0 Å². The molecule has 1 aliphatic heterocycles. The number of thiophene rings is 1. The Morgan fingerprint density at radius 2 is 2.14 bits per heavy atom. The van der Waals surface area contributed by atoms with E-state index < -0.39 is 0 Å². The number of allylic oxidation sites excluding steroid dienone is 1. The van der Waals surface area contributed by atoms with Crippen molar-refractivity contribution in [3.63, 3.8) is 0 Å². The number of amides is 2. The summed E-state index contributed by atoms with van der Waals surface area (Å²) in [5.41, 5.74) is 2.24. The van der Waals surface area contributed by atoms with Crippen molar-refractivity contribution in [2.24, 2.45) is 0 Å². The fourth-order valence-corrected chi connectivity index (χ4v) is 4.61. The van der Waals surface area contributed by atoms with Gasteiger partial charge in [0.2, 0.25) is 11.6 Å². The molecule has 7 heteroatoms. The van der Waals surface area contributed by atoms with Gasteiger partial charge in [0.1, 0.15) is 5.69 Å². The first-order chi connectivity index (χ1) is 13.9. The molecule has 0 bridgehead atoms. The van der Waals surface area contributed by atoms with E-state index in [9.17, 15) is 9.59 Å². The number of hydrogen-bond acceptors (Lipinski definition) is 4. The van der Waals surface area contributed by atoms with Crippen LogP contribution in [0.4, 0.5) is 0 Å². The van der Waals surface area contributed by atoms with Crippen LogP contribution < -0.4 is 0 Å². The summed E-state index contributed by atoms with van der Waals surface area (Å²) in [7, 11) is 0. The maximum absolute atomic E-state index is 13.3. The van der Waals surface area contributed by atoms with Crippen LogP contribution in [-0.2, 0) is 17.8 Å². The molecule has 1 fully saturated rings. The summed E-state index contributed by atoms with van der Waals surface area (Å²) in [6.45, 7) is 10.0. The minimum absolute atomic E-state index is 0.0206. The third-order valence-corrected chi connectivity index (χ3v) is 6.17. The molecule has 0 spiro atoms. The maximum Gasteiger partial charge on any atom is 0.270 e. The van der Waals surface area contributed by atoms with Crippen LogP contribution in [0.25, 0.3) is 11.1 Å². The molecular weight excluding hydrogens is 386 g/mol. The highest BCUT2D eigenvalue weighted by Gasteiger charge is 2.31. The molecule has 0 radical (unpaired) electrons. The van der Waals surface area contributed by atoms with Crippen molar-refractivity contribution in [2.75, 3.05) is 19.6 Å². The molecule has 2 amide bonds. The van der Waals surface area contributed by atoms with E-state index >= 15 is 0 Å². The van der Waals surface area contributed by atoms with Gasteiger partial charge in [0.25, 0.3) is 5.91 Å². The Bertz CT molecular complexity index is 1050. The number of rotatable bonds is 5. The van der Waals surface area contributed by atoms with E-state index in [-0.39, 0.29) is 17.9 Å². The lowest BCUT2D eigenvalue weighted by Gasteiger charge is -2.40. The van der Waals surface area contributed by atoms with Gasteiger partial charge >= 0.3 is 0 Å². The second-order valence-electron chi connectivity index (χ2n) is 7.70. The first-order valence-electron chi connectivity index (χ1n) is 9.76. The highest BCUT2D eigenvalue weighted by Crippen LogP contribution is 2.24. The molecule has 29 heavy (non-hydrogen) atoms. The third-order valence-electron chi connectivity index (χ3n) is 5.29. The Hall–Kier alpha value is -2.80. The van der Waals surface area contributed by atoms with Crippen LogP contribution in [0, 0.1) is 0 Å². The van der Waals surface area contributed by atoms with Gasteiger partial charge in [-0.1, -0.05) is 18.2 Å². The number of carbonyl (C=O) groups is 2. The van der Waals surface area contributed by atoms with Crippen molar-refractivity contribution in [3.8, 4) is 0 Å². The number of nitrogens with zero attached hydrogens (tertiary/aromatic N) is 3. The Balaban J connectivity index is 1.48. The summed E-state index contributed by atoms with van der Waals surface area (Å²) in [4.78, 5) is 30.8. The number of aromatic nitrogens is 1. The number of carbonyl (C=O) groups excluding carboxylic acids is 2. The number of hydrogen-bond donors (Lipinski definition) is 0. The van der Waals surface area contributed by atoms with Crippen molar-refractivity contribution in [2.45, 2.75) is 32.9 Å². The van der Waals surface area contributed by atoms with E-state index in [0.29, 0.717) is 44.0 Å². The zero-order valence-electron chi connectivity index (χ0n) is 16.8. The molecule has 0 aromatic carbocycles. The zero-order chi connectivity index (χ0) is 20.5. The predicted octanol–water partition coefficient (Wildman–Crippen LogP) is 3.79. The molecule has 3 aromatic heterocycles. The van der Waals surface area contributed by atoms with Crippen LogP contribution in [0.1, 0.15) is 29.2 Å². The minimum Gasteiger partial charge on any atom is -0.448 e. The SMILES string of the molecule is C=C(C)Cn1c(C(=O)N2CCN(C(=O)Cc3cccs3)[C@@H](C)C2)cc2ccoc21. The van der Waals surface area contributed by atoms with Crippen molar-refractivity contribution >= 4 is 34.3 Å². The van der Waals surface area contributed by atoms with Crippen LogP contribution in [0.5, 0.6) is 0 Å². The average molecular weight is 412 g/mol. The average Bonchev–Trinajstić information content (AvgIpc) is 3.40. The quantitative estimate of drug-likeness (QED) is 0.600. The second-order valence-corrected chi connectivity index (χ2v) is 8.73. The van der Waals surface area contributed by atoms with Gasteiger partial charge in [-0.3, -0.25) is 9.59 Å². The Morgan fingerprint density at radius 1 is 1.31 bits per heavy atom. The van der Waals surface area contributed by atoms with E-state index in [2.05, 4.69) is 6.58 Å². The van der Waals surface area contributed by atoms with Gasteiger partial charge in [0, 0.05) is 42.5 Å². The molecule has 3 aromatic rings.